The van der Waals surface area contributed by atoms with E-state index in [1.165, 1.54) is 18.2 Å². The van der Waals surface area contributed by atoms with Crippen LogP contribution >= 0.6 is 0 Å². The first-order valence-corrected chi connectivity index (χ1v) is 8.08. The second-order valence-corrected chi connectivity index (χ2v) is 6.83. The van der Waals surface area contributed by atoms with E-state index in [1.807, 2.05) is 6.92 Å². The van der Waals surface area contributed by atoms with Gasteiger partial charge in [0, 0.05) is 18.5 Å². The minimum absolute atomic E-state index is 0.123. The zero-order valence-corrected chi connectivity index (χ0v) is 12.4. The number of carbonyl (C=O) groups excluding carboxylic acids is 1. The van der Waals surface area contributed by atoms with Crippen molar-refractivity contribution in [2.24, 2.45) is 5.92 Å². The van der Waals surface area contributed by atoms with Gasteiger partial charge in [0.25, 0.3) is 5.69 Å². The first-order valence-electron chi connectivity index (χ1n) is 6.64. The Balaban J connectivity index is 2.36. The van der Waals surface area contributed by atoms with E-state index in [-0.39, 0.29) is 29.7 Å². The van der Waals surface area contributed by atoms with Gasteiger partial charge < -0.3 is 0 Å². The fraction of sp³-hybridized carbons (Fsp3) is 0.462. The van der Waals surface area contributed by atoms with Crippen LogP contribution in [-0.4, -0.2) is 36.5 Å². The van der Waals surface area contributed by atoms with Gasteiger partial charge >= 0.3 is 0 Å². The summed E-state index contributed by atoms with van der Waals surface area (Å²) in [5.41, 5.74) is -0.470. The number of Topliss-reactive ketones (excluding diaryl/α,β-unsaturated/α-hetero) is 1. The van der Waals surface area contributed by atoms with Crippen LogP contribution in [-0.2, 0) is 14.8 Å². The summed E-state index contributed by atoms with van der Waals surface area (Å²) in [5, 5.41) is 11.0. The van der Waals surface area contributed by atoms with Gasteiger partial charge in [-0.25, -0.2) is 8.42 Å². The van der Waals surface area contributed by atoms with Gasteiger partial charge in [-0.15, -0.1) is 0 Å². The van der Waals surface area contributed by atoms with Crippen LogP contribution in [0.4, 0.5) is 5.69 Å². The van der Waals surface area contributed by atoms with E-state index in [2.05, 4.69) is 0 Å². The molecule has 1 aromatic rings. The molecular weight excluding hydrogens is 296 g/mol. The molecule has 0 bridgehead atoms. The molecule has 8 heteroatoms. The Morgan fingerprint density at radius 3 is 2.62 bits per heavy atom. The van der Waals surface area contributed by atoms with Crippen LogP contribution in [0.15, 0.2) is 29.2 Å². The van der Waals surface area contributed by atoms with Gasteiger partial charge in [-0.3, -0.25) is 14.9 Å². The summed E-state index contributed by atoms with van der Waals surface area (Å²) in [6.45, 7) is 1.88. The zero-order valence-electron chi connectivity index (χ0n) is 11.6. The number of benzene rings is 1. The number of nitrogens with zero attached hydrogens (tertiary/aromatic N) is 2. The molecule has 0 radical (unpaired) electrons. The summed E-state index contributed by atoms with van der Waals surface area (Å²) in [6.07, 6.45) is 1.13. The average molecular weight is 312 g/mol. The number of carbonyl (C=O) groups is 1. The Morgan fingerprint density at radius 1 is 1.38 bits per heavy atom. The van der Waals surface area contributed by atoms with Crippen LogP contribution in [0.5, 0.6) is 0 Å². The number of piperidine rings is 1. The van der Waals surface area contributed by atoms with Crippen LogP contribution in [0, 0.1) is 16.0 Å². The highest BCUT2D eigenvalue weighted by Crippen LogP contribution is 2.29. The van der Waals surface area contributed by atoms with Crippen molar-refractivity contribution < 1.29 is 18.1 Å². The molecule has 1 aromatic carbocycles. The topological polar surface area (TPSA) is 97.6 Å². The van der Waals surface area contributed by atoms with Crippen molar-refractivity contribution in [1.29, 1.82) is 0 Å². The monoisotopic (exact) mass is 312 g/mol. The first-order chi connectivity index (χ1) is 9.87. The van der Waals surface area contributed by atoms with E-state index >= 15 is 0 Å². The molecule has 0 spiro atoms. The summed E-state index contributed by atoms with van der Waals surface area (Å²) in [4.78, 5) is 21.8. The number of nitro groups is 1. The van der Waals surface area contributed by atoms with Gasteiger partial charge in [0.1, 0.15) is 0 Å². The molecule has 1 fully saturated rings. The summed E-state index contributed by atoms with van der Waals surface area (Å²) in [5.74, 6) is -0.256. The van der Waals surface area contributed by atoms with Crippen molar-refractivity contribution in [3.05, 3.63) is 34.4 Å². The van der Waals surface area contributed by atoms with Crippen LogP contribution in [0.2, 0.25) is 0 Å². The Kier molecular flexibility index (Phi) is 4.38. The highest BCUT2D eigenvalue weighted by atomic mass is 32.2. The van der Waals surface area contributed by atoms with Crippen molar-refractivity contribution in [1.82, 2.24) is 4.31 Å². The molecule has 0 N–H and O–H groups in total. The average Bonchev–Trinajstić information content (AvgIpc) is 2.47. The van der Waals surface area contributed by atoms with Crippen molar-refractivity contribution in [3.8, 4) is 0 Å². The largest absolute Gasteiger partial charge is 0.298 e. The Morgan fingerprint density at radius 2 is 2.05 bits per heavy atom. The number of rotatable bonds is 4. The maximum atomic E-state index is 12.5. The Bertz CT molecular complexity index is 671. The molecule has 1 heterocycles. The third-order valence-electron chi connectivity index (χ3n) is 3.69. The fourth-order valence-corrected chi connectivity index (χ4v) is 4.02. The molecule has 1 saturated heterocycles. The molecular formula is C13H16N2O5S. The Labute approximate surface area is 122 Å². The molecule has 0 saturated carbocycles. The number of hydrogen-bond donors (Lipinski definition) is 0. The minimum Gasteiger partial charge on any atom is -0.298 e. The van der Waals surface area contributed by atoms with E-state index in [0.717, 1.165) is 10.4 Å². The van der Waals surface area contributed by atoms with Crippen LogP contribution in [0.25, 0.3) is 0 Å². The molecule has 1 atom stereocenters. The smallest absolute Gasteiger partial charge is 0.289 e. The quantitative estimate of drug-likeness (QED) is 0.621. The van der Waals surface area contributed by atoms with E-state index in [4.69, 9.17) is 0 Å². The molecule has 1 aliphatic heterocycles. The lowest BCUT2D eigenvalue weighted by Gasteiger charge is -2.29. The van der Waals surface area contributed by atoms with E-state index in [0.29, 0.717) is 12.8 Å². The zero-order chi connectivity index (χ0) is 15.6. The molecule has 1 aliphatic rings. The molecule has 0 aromatic heterocycles. The normalized spacial score (nSPS) is 20.4. The number of hydrogen-bond acceptors (Lipinski definition) is 5. The van der Waals surface area contributed by atoms with Crippen LogP contribution < -0.4 is 0 Å². The lowest BCUT2D eigenvalue weighted by molar-refractivity contribution is -0.387. The highest BCUT2D eigenvalue weighted by molar-refractivity contribution is 7.89. The Hall–Kier alpha value is -1.80. The maximum Gasteiger partial charge on any atom is 0.289 e. The standard InChI is InChI=1S/C13H16N2O5S/c1-2-10-7-8-14(9-12(10)16)21(19,20)13-6-4-3-5-11(13)15(17)18/h3-6,10H,2,7-9H2,1H3. The third-order valence-corrected chi connectivity index (χ3v) is 5.58. The number of ketones is 1. The summed E-state index contributed by atoms with van der Waals surface area (Å²) < 4.78 is 26.1. The van der Waals surface area contributed by atoms with Crippen LogP contribution in [0.3, 0.4) is 0 Å². The molecule has 0 aliphatic carbocycles. The number of para-hydroxylation sites is 1. The van der Waals surface area contributed by atoms with Gasteiger partial charge in [-0.2, -0.15) is 4.31 Å². The second kappa shape index (κ2) is 5.90. The van der Waals surface area contributed by atoms with E-state index < -0.39 is 20.6 Å². The molecule has 7 nitrogen and oxygen atoms in total. The third kappa shape index (κ3) is 2.96. The van der Waals surface area contributed by atoms with Crippen molar-refractivity contribution in [2.75, 3.05) is 13.1 Å². The van der Waals surface area contributed by atoms with E-state index in [9.17, 15) is 23.3 Å². The van der Waals surface area contributed by atoms with Gasteiger partial charge in [0.2, 0.25) is 10.0 Å². The van der Waals surface area contributed by atoms with Gasteiger partial charge in [-0.05, 0) is 18.9 Å². The van der Waals surface area contributed by atoms with Gasteiger partial charge in [-0.1, -0.05) is 19.1 Å². The molecule has 1 unspecified atom stereocenters. The number of sulfonamides is 1. The molecule has 114 valence electrons. The summed E-state index contributed by atoms with van der Waals surface area (Å²) in [7, 11) is -4.03. The van der Waals surface area contributed by atoms with Crippen LogP contribution in [0.1, 0.15) is 19.8 Å². The lowest BCUT2D eigenvalue weighted by atomic mass is 9.94. The number of nitro benzene ring substituents is 1. The lowest BCUT2D eigenvalue weighted by Crippen LogP contribution is -2.44. The minimum atomic E-state index is -4.03. The van der Waals surface area contributed by atoms with Gasteiger partial charge in [0.15, 0.2) is 10.7 Å². The van der Waals surface area contributed by atoms with E-state index in [1.54, 1.807) is 0 Å². The molecule has 0 amide bonds. The highest BCUT2D eigenvalue weighted by Gasteiger charge is 2.36. The van der Waals surface area contributed by atoms with Crippen molar-refractivity contribution in [3.63, 3.8) is 0 Å². The maximum absolute atomic E-state index is 12.5. The second-order valence-electron chi connectivity index (χ2n) is 4.92. The molecule has 2 rings (SSSR count). The summed E-state index contributed by atoms with van der Waals surface area (Å²) >= 11 is 0. The van der Waals surface area contributed by atoms with Crippen molar-refractivity contribution >= 4 is 21.5 Å². The first kappa shape index (κ1) is 15.6. The summed E-state index contributed by atoms with van der Waals surface area (Å²) in [6, 6.07) is 5.18. The SMILES string of the molecule is CCC1CCN(S(=O)(=O)c2ccccc2[N+](=O)[O-])CC1=O. The molecule has 21 heavy (non-hydrogen) atoms. The predicted octanol–water partition coefficient (Wildman–Crippen LogP) is 1.58. The fourth-order valence-electron chi connectivity index (χ4n) is 2.44. The van der Waals surface area contributed by atoms with Crippen molar-refractivity contribution in [2.45, 2.75) is 24.7 Å². The predicted molar refractivity (Wildman–Crippen MR) is 75.3 cm³/mol. The van der Waals surface area contributed by atoms with Gasteiger partial charge in [0.05, 0.1) is 11.5 Å².